The molecule has 4 N–H and O–H groups in total. The van der Waals surface area contributed by atoms with Crippen molar-refractivity contribution in [1.82, 2.24) is 10.1 Å². The van der Waals surface area contributed by atoms with Crippen LogP contribution in [0.25, 0.3) is 0 Å². The van der Waals surface area contributed by atoms with Gasteiger partial charge in [-0.25, -0.2) is 0 Å². The number of ketones is 1. The van der Waals surface area contributed by atoms with Gasteiger partial charge in [-0.1, -0.05) is 19.0 Å². The van der Waals surface area contributed by atoms with Gasteiger partial charge in [0.25, 0.3) is 0 Å². The smallest absolute Gasteiger partial charge is 0.229 e. The number of Topliss-reactive ketones (excluding diaryl/α,β-unsaturated/α-hetero) is 1. The molecule has 1 heterocycles. The summed E-state index contributed by atoms with van der Waals surface area (Å²) in [6, 6.07) is 0. The molecule has 1 aromatic rings. The summed E-state index contributed by atoms with van der Waals surface area (Å²) in [5.41, 5.74) is 6.68. The fourth-order valence-electron chi connectivity index (χ4n) is 7.42. The first-order valence-electron chi connectivity index (χ1n) is 12.0. The number of hydrogen-bond donors (Lipinski definition) is 3. The van der Waals surface area contributed by atoms with Crippen molar-refractivity contribution in [3.05, 3.63) is 11.7 Å². The van der Waals surface area contributed by atoms with Crippen molar-refractivity contribution in [1.29, 1.82) is 5.41 Å². The molecule has 7 nitrogen and oxygen atoms in total. The lowest BCUT2D eigenvalue weighted by atomic mass is 9.45. The zero-order valence-corrected chi connectivity index (χ0v) is 19.0. The molecule has 0 amide bonds. The van der Waals surface area contributed by atoms with E-state index in [9.17, 15) is 4.79 Å². The van der Waals surface area contributed by atoms with Gasteiger partial charge in [0.1, 0.15) is 5.78 Å². The number of hydrogen-bond acceptors (Lipinski definition) is 7. The Morgan fingerprint density at radius 3 is 2.68 bits per heavy atom. The summed E-state index contributed by atoms with van der Waals surface area (Å²) in [6.07, 6.45) is 10.7. The first kappa shape index (κ1) is 22.6. The first-order chi connectivity index (χ1) is 14.8. The van der Waals surface area contributed by atoms with Crippen molar-refractivity contribution >= 4 is 11.5 Å². The Morgan fingerprint density at radius 1 is 1.16 bits per heavy atom. The van der Waals surface area contributed by atoms with Gasteiger partial charge in [0.15, 0.2) is 5.82 Å². The van der Waals surface area contributed by atoms with Crippen LogP contribution in [0.3, 0.4) is 0 Å². The molecule has 1 aromatic heterocycles. The van der Waals surface area contributed by atoms with Gasteiger partial charge >= 0.3 is 0 Å². The molecule has 6 atom stereocenters. The predicted octanol–water partition coefficient (Wildman–Crippen LogP) is 3.68. The number of nitrogens with one attached hydrogen (secondary N) is 1. The van der Waals surface area contributed by atoms with E-state index in [2.05, 4.69) is 24.0 Å². The summed E-state index contributed by atoms with van der Waals surface area (Å²) < 4.78 is 4.69. The minimum absolute atomic E-state index is 0.0196. The topological polar surface area (TPSA) is 126 Å². The largest absolute Gasteiger partial charge is 0.396 e. The number of fused-ring (bicyclic) bond motifs is 5. The lowest BCUT2D eigenvalue weighted by molar-refractivity contribution is -0.136. The molecule has 0 radical (unpaired) electrons. The van der Waals surface area contributed by atoms with E-state index in [0.717, 1.165) is 55.6 Å². The van der Waals surface area contributed by atoms with Gasteiger partial charge < -0.3 is 20.8 Å². The summed E-state index contributed by atoms with van der Waals surface area (Å²) in [7, 11) is 0. The Balaban J connectivity index is 0.000000196. The van der Waals surface area contributed by atoms with Gasteiger partial charge in [-0.2, -0.15) is 4.98 Å². The van der Waals surface area contributed by atoms with Crippen LogP contribution in [0.4, 0.5) is 0 Å². The fraction of sp³-hybridized carbons (Fsp3) is 0.833. The van der Waals surface area contributed by atoms with Crippen LogP contribution in [0, 0.1) is 39.9 Å². The van der Waals surface area contributed by atoms with Gasteiger partial charge in [-0.15, -0.1) is 0 Å². The summed E-state index contributed by atoms with van der Waals surface area (Å²) in [4.78, 5) is 16.2. The molecule has 0 spiro atoms. The third-order valence-corrected chi connectivity index (χ3v) is 9.25. The van der Waals surface area contributed by atoms with Gasteiger partial charge in [0, 0.05) is 17.5 Å². The zero-order chi connectivity index (χ0) is 22.2. The monoisotopic (exact) mass is 430 g/mol. The molecule has 0 bridgehead atoms. The number of nitrogens with two attached hydrogens (primary N) is 1. The molecule has 31 heavy (non-hydrogen) atoms. The van der Waals surface area contributed by atoms with E-state index < -0.39 is 0 Å². The SMILES string of the molecule is C[C@]12CCC(=N)CC1CCC1C2CC[C@]2(C)C(=O)CCC12.NCc1noc(CCO)n1. The number of aromatic nitrogens is 2. The van der Waals surface area contributed by atoms with E-state index in [1.165, 1.54) is 25.7 Å². The molecule has 4 aliphatic carbocycles. The maximum absolute atomic E-state index is 12.4. The second-order valence-corrected chi connectivity index (χ2v) is 10.7. The first-order valence-corrected chi connectivity index (χ1v) is 12.0. The van der Waals surface area contributed by atoms with Crippen LogP contribution in [0.5, 0.6) is 0 Å². The summed E-state index contributed by atoms with van der Waals surface area (Å²) in [6.45, 7) is 5.09. The third-order valence-electron chi connectivity index (χ3n) is 9.25. The second kappa shape index (κ2) is 8.74. The van der Waals surface area contributed by atoms with Crippen LogP contribution in [-0.2, 0) is 17.8 Å². The lowest BCUT2D eigenvalue weighted by Crippen LogP contribution is -2.53. The summed E-state index contributed by atoms with van der Waals surface area (Å²) >= 11 is 0. The number of aliphatic hydroxyl groups excluding tert-OH is 1. The Kier molecular flexibility index (Phi) is 6.37. The van der Waals surface area contributed by atoms with Crippen molar-refractivity contribution in [3.8, 4) is 0 Å². The van der Waals surface area contributed by atoms with Crippen LogP contribution >= 0.6 is 0 Å². The van der Waals surface area contributed by atoms with E-state index in [-0.39, 0.29) is 18.6 Å². The zero-order valence-electron chi connectivity index (χ0n) is 19.0. The van der Waals surface area contributed by atoms with Crippen molar-refractivity contribution in [3.63, 3.8) is 0 Å². The Morgan fingerprint density at radius 2 is 1.97 bits per heavy atom. The lowest BCUT2D eigenvalue weighted by Gasteiger charge is -2.59. The van der Waals surface area contributed by atoms with Crippen LogP contribution in [0.15, 0.2) is 4.52 Å². The van der Waals surface area contributed by atoms with Crippen LogP contribution in [0.1, 0.15) is 83.3 Å². The number of rotatable bonds is 3. The molecular weight excluding hydrogens is 392 g/mol. The Bertz CT molecular complexity index is 824. The van der Waals surface area contributed by atoms with Crippen molar-refractivity contribution < 1.29 is 14.4 Å². The van der Waals surface area contributed by atoms with E-state index in [1.54, 1.807) is 0 Å². The highest BCUT2D eigenvalue weighted by atomic mass is 16.5. The van der Waals surface area contributed by atoms with E-state index >= 15 is 0 Å². The van der Waals surface area contributed by atoms with Crippen LogP contribution in [0.2, 0.25) is 0 Å². The third kappa shape index (κ3) is 3.99. The Hall–Kier alpha value is -1.60. The molecule has 5 rings (SSSR count). The fourth-order valence-corrected chi connectivity index (χ4v) is 7.42. The summed E-state index contributed by atoms with van der Waals surface area (Å²) in [5, 5.41) is 20.0. The molecule has 0 saturated heterocycles. The van der Waals surface area contributed by atoms with Gasteiger partial charge in [0.05, 0.1) is 19.6 Å². The minimum Gasteiger partial charge on any atom is -0.396 e. The number of carbonyl (C=O) groups is 1. The number of aliphatic hydroxyl groups is 1. The second-order valence-electron chi connectivity index (χ2n) is 10.7. The molecule has 4 aliphatic rings. The maximum Gasteiger partial charge on any atom is 0.229 e. The average Bonchev–Trinajstić information content (AvgIpc) is 3.33. The normalized spacial score (nSPS) is 39.2. The maximum atomic E-state index is 12.4. The number of nitrogens with zero attached hydrogens (tertiary/aromatic N) is 2. The molecule has 0 aliphatic heterocycles. The van der Waals surface area contributed by atoms with Gasteiger partial charge in [-0.3, -0.25) is 4.79 Å². The quantitative estimate of drug-likeness (QED) is 0.671. The number of carbonyl (C=O) groups excluding carboxylic acids is 1. The van der Waals surface area contributed by atoms with Crippen molar-refractivity contribution in [2.24, 2.45) is 40.2 Å². The highest BCUT2D eigenvalue weighted by molar-refractivity contribution is 5.87. The molecule has 7 heteroatoms. The standard InChI is InChI=1S/C19H29NO.C5H9N3O2/c1-18-9-7-13(20)11-12(18)3-4-14-15-5-6-17(21)19(15,2)10-8-16(14)18;6-3-4-7-5(1-2-9)10-8-4/h12,14-16,20H,3-11H2,1-2H3;9H,1-3,6H2/t12?,14?,15?,16?,18-,19-;/m0./s1. The van der Waals surface area contributed by atoms with Crippen LogP contribution < -0.4 is 5.73 Å². The van der Waals surface area contributed by atoms with E-state index in [0.29, 0.717) is 35.3 Å². The highest BCUT2D eigenvalue weighted by Gasteiger charge is 2.59. The van der Waals surface area contributed by atoms with E-state index in [4.69, 9.17) is 20.8 Å². The minimum atomic E-state index is 0.0196. The molecule has 4 unspecified atom stereocenters. The van der Waals surface area contributed by atoms with Crippen molar-refractivity contribution in [2.45, 2.75) is 84.6 Å². The van der Waals surface area contributed by atoms with Crippen molar-refractivity contribution in [2.75, 3.05) is 6.61 Å². The molecule has 0 aromatic carbocycles. The summed E-state index contributed by atoms with van der Waals surface area (Å²) in [5.74, 6) is 4.51. The van der Waals surface area contributed by atoms with E-state index in [1.807, 2.05) is 0 Å². The predicted molar refractivity (Wildman–Crippen MR) is 117 cm³/mol. The molecular formula is C24H38N4O3. The molecule has 4 fully saturated rings. The Labute approximate surface area is 185 Å². The molecule has 4 saturated carbocycles. The highest BCUT2D eigenvalue weighted by Crippen LogP contribution is 2.65. The molecule has 172 valence electrons. The average molecular weight is 431 g/mol. The van der Waals surface area contributed by atoms with Crippen LogP contribution in [-0.4, -0.2) is 33.3 Å². The van der Waals surface area contributed by atoms with Gasteiger partial charge in [0.2, 0.25) is 5.89 Å². The van der Waals surface area contributed by atoms with Gasteiger partial charge in [-0.05, 0) is 80.5 Å².